The Morgan fingerprint density at radius 3 is 2.48 bits per heavy atom. The van der Waals surface area contributed by atoms with Crippen LogP contribution in [0.2, 0.25) is 0 Å². The van der Waals surface area contributed by atoms with E-state index in [2.05, 4.69) is 5.32 Å². The van der Waals surface area contributed by atoms with Crippen LogP contribution in [-0.2, 0) is 14.3 Å². The summed E-state index contributed by atoms with van der Waals surface area (Å²) < 4.78 is 5.13. The van der Waals surface area contributed by atoms with Gasteiger partial charge in [0, 0.05) is 16.6 Å². The van der Waals surface area contributed by atoms with Crippen LogP contribution in [0.3, 0.4) is 0 Å². The molecule has 0 spiro atoms. The maximum atomic E-state index is 12.2. The Hall–Kier alpha value is -2.40. The van der Waals surface area contributed by atoms with Gasteiger partial charge in [0.05, 0.1) is 0 Å². The number of esters is 1. The Morgan fingerprint density at radius 2 is 1.87 bits per heavy atom. The van der Waals surface area contributed by atoms with Gasteiger partial charge in [-0.15, -0.1) is 11.3 Å². The average molecular weight is 329 g/mol. The number of rotatable bonds is 5. The van der Waals surface area contributed by atoms with E-state index in [1.807, 2.05) is 49.6 Å². The van der Waals surface area contributed by atoms with Crippen LogP contribution in [-0.4, -0.2) is 18.0 Å². The first kappa shape index (κ1) is 17.0. The van der Waals surface area contributed by atoms with E-state index in [0.717, 1.165) is 21.7 Å². The normalized spacial score (nSPS) is 12.1. The van der Waals surface area contributed by atoms with Gasteiger partial charge in [0.1, 0.15) is 0 Å². The predicted octanol–water partition coefficient (Wildman–Crippen LogP) is 3.95. The fraction of sp³-hybridized carbons (Fsp3) is 0.222. The van der Waals surface area contributed by atoms with Gasteiger partial charge in [-0.1, -0.05) is 24.3 Å². The summed E-state index contributed by atoms with van der Waals surface area (Å²) >= 11 is 1.52. The van der Waals surface area contributed by atoms with Crippen molar-refractivity contribution in [1.29, 1.82) is 0 Å². The summed E-state index contributed by atoms with van der Waals surface area (Å²) in [7, 11) is 0. The summed E-state index contributed by atoms with van der Waals surface area (Å²) in [6.07, 6.45) is 2.13. The predicted molar refractivity (Wildman–Crippen MR) is 93.5 cm³/mol. The van der Waals surface area contributed by atoms with Gasteiger partial charge in [-0.05, 0) is 49.4 Å². The molecule has 0 saturated heterocycles. The minimum atomic E-state index is -0.866. The van der Waals surface area contributed by atoms with Gasteiger partial charge in [-0.3, -0.25) is 4.79 Å². The number of carbonyl (C=O) groups excluding carboxylic acids is 2. The van der Waals surface area contributed by atoms with E-state index in [9.17, 15) is 9.59 Å². The summed E-state index contributed by atoms with van der Waals surface area (Å²) in [5.74, 6) is -0.886. The lowest BCUT2D eigenvalue weighted by Crippen LogP contribution is -2.30. The summed E-state index contributed by atoms with van der Waals surface area (Å²) in [4.78, 5) is 24.9. The number of nitrogens with one attached hydrogen (secondary N) is 1. The van der Waals surface area contributed by atoms with Crippen LogP contribution in [0, 0.1) is 13.8 Å². The molecule has 0 radical (unpaired) electrons. The Labute approximate surface area is 139 Å². The monoisotopic (exact) mass is 329 g/mol. The molecule has 0 fully saturated rings. The van der Waals surface area contributed by atoms with Crippen molar-refractivity contribution < 1.29 is 14.3 Å². The standard InChI is InChI=1S/C18H19NO3S/c1-12-6-4-7-13(2)17(12)19-18(21)14(3)22-16(20)10-9-15-8-5-11-23-15/h4-11,14H,1-3H3,(H,19,21)/b10-9+/t14-/m1/s1. The number of hydrogen-bond donors (Lipinski definition) is 1. The van der Waals surface area contributed by atoms with Crippen molar-refractivity contribution in [1.82, 2.24) is 0 Å². The van der Waals surface area contributed by atoms with E-state index in [0.29, 0.717) is 0 Å². The van der Waals surface area contributed by atoms with E-state index < -0.39 is 12.1 Å². The highest BCUT2D eigenvalue weighted by atomic mass is 32.1. The second-order valence-electron chi connectivity index (χ2n) is 5.18. The van der Waals surface area contributed by atoms with Gasteiger partial charge in [0.2, 0.25) is 0 Å². The van der Waals surface area contributed by atoms with Crippen molar-refractivity contribution in [3.63, 3.8) is 0 Å². The van der Waals surface area contributed by atoms with Crippen molar-refractivity contribution >= 4 is 35.0 Å². The molecule has 2 aromatic rings. The summed E-state index contributed by atoms with van der Waals surface area (Å²) in [5.41, 5.74) is 2.69. The molecule has 1 atom stereocenters. The maximum Gasteiger partial charge on any atom is 0.331 e. The quantitative estimate of drug-likeness (QED) is 0.667. The van der Waals surface area contributed by atoms with Crippen LogP contribution in [0.5, 0.6) is 0 Å². The molecule has 0 bridgehead atoms. The third-order valence-corrected chi connectivity index (χ3v) is 4.16. The molecular weight excluding hydrogens is 310 g/mol. The first-order chi connectivity index (χ1) is 11.0. The Morgan fingerprint density at radius 1 is 1.17 bits per heavy atom. The van der Waals surface area contributed by atoms with Crippen LogP contribution in [0.4, 0.5) is 5.69 Å². The van der Waals surface area contributed by atoms with Crippen molar-refractivity contribution in [3.8, 4) is 0 Å². The minimum absolute atomic E-state index is 0.347. The van der Waals surface area contributed by atoms with Gasteiger partial charge >= 0.3 is 5.97 Å². The highest BCUT2D eigenvalue weighted by molar-refractivity contribution is 7.10. The summed E-state index contributed by atoms with van der Waals surface area (Å²) in [6, 6.07) is 9.56. The second-order valence-corrected chi connectivity index (χ2v) is 6.16. The lowest BCUT2D eigenvalue weighted by atomic mass is 10.1. The number of ether oxygens (including phenoxy) is 1. The smallest absolute Gasteiger partial charge is 0.331 e. The summed E-state index contributed by atoms with van der Waals surface area (Å²) in [6.45, 7) is 5.39. The number of anilines is 1. The SMILES string of the molecule is Cc1cccc(C)c1NC(=O)[C@@H](C)OC(=O)/C=C/c1cccs1. The molecule has 4 nitrogen and oxygen atoms in total. The minimum Gasteiger partial charge on any atom is -0.449 e. The fourth-order valence-corrected chi connectivity index (χ4v) is 2.66. The molecule has 0 saturated carbocycles. The van der Waals surface area contributed by atoms with E-state index >= 15 is 0 Å². The van der Waals surface area contributed by atoms with Gasteiger partial charge in [0.25, 0.3) is 5.91 Å². The molecule has 5 heteroatoms. The molecule has 23 heavy (non-hydrogen) atoms. The molecule has 0 aliphatic carbocycles. The number of hydrogen-bond acceptors (Lipinski definition) is 4. The zero-order chi connectivity index (χ0) is 16.8. The van der Waals surface area contributed by atoms with Crippen LogP contribution in [0.1, 0.15) is 22.9 Å². The number of aryl methyl sites for hydroxylation is 2. The number of carbonyl (C=O) groups is 2. The van der Waals surface area contributed by atoms with E-state index in [1.165, 1.54) is 17.4 Å². The molecule has 1 N–H and O–H groups in total. The van der Waals surface area contributed by atoms with Gasteiger partial charge in [0.15, 0.2) is 6.10 Å². The third-order valence-electron chi connectivity index (χ3n) is 3.32. The van der Waals surface area contributed by atoms with Crippen LogP contribution in [0.25, 0.3) is 6.08 Å². The Kier molecular flexibility index (Phi) is 5.71. The van der Waals surface area contributed by atoms with Crippen molar-refractivity contribution in [2.45, 2.75) is 26.9 Å². The zero-order valence-electron chi connectivity index (χ0n) is 13.3. The highest BCUT2D eigenvalue weighted by Crippen LogP contribution is 2.19. The van der Waals surface area contributed by atoms with E-state index in [-0.39, 0.29) is 5.91 Å². The van der Waals surface area contributed by atoms with Crippen molar-refractivity contribution in [2.24, 2.45) is 0 Å². The molecule has 1 aromatic heterocycles. The molecule has 120 valence electrons. The molecule has 1 aromatic carbocycles. The molecule has 0 aliphatic heterocycles. The lowest BCUT2D eigenvalue weighted by Gasteiger charge is -2.15. The summed E-state index contributed by atoms with van der Waals surface area (Å²) in [5, 5.41) is 4.74. The van der Waals surface area contributed by atoms with Crippen LogP contribution in [0.15, 0.2) is 41.8 Å². The van der Waals surface area contributed by atoms with Crippen molar-refractivity contribution in [3.05, 3.63) is 57.8 Å². The first-order valence-corrected chi connectivity index (χ1v) is 8.14. The second kappa shape index (κ2) is 7.74. The largest absolute Gasteiger partial charge is 0.449 e. The van der Waals surface area contributed by atoms with Crippen molar-refractivity contribution in [2.75, 3.05) is 5.32 Å². The van der Waals surface area contributed by atoms with Gasteiger partial charge in [-0.25, -0.2) is 4.79 Å². The third kappa shape index (κ3) is 4.79. The van der Waals surface area contributed by atoms with Crippen LogP contribution >= 0.6 is 11.3 Å². The molecular formula is C18H19NO3S. The maximum absolute atomic E-state index is 12.2. The Balaban J connectivity index is 1.93. The molecule has 1 amide bonds. The number of para-hydroxylation sites is 1. The van der Waals surface area contributed by atoms with E-state index in [1.54, 1.807) is 13.0 Å². The molecule has 2 rings (SSSR count). The molecule has 0 aliphatic rings. The first-order valence-electron chi connectivity index (χ1n) is 7.26. The number of amides is 1. The zero-order valence-corrected chi connectivity index (χ0v) is 14.1. The average Bonchev–Trinajstić information content (AvgIpc) is 3.02. The van der Waals surface area contributed by atoms with Gasteiger partial charge in [-0.2, -0.15) is 0 Å². The highest BCUT2D eigenvalue weighted by Gasteiger charge is 2.18. The number of thiophene rings is 1. The fourth-order valence-electron chi connectivity index (χ4n) is 2.04. The van der Waals surface area contributed by atoms with Gasteiger partial charge < -0.3 is 10.1 Å². The number of benzene rings is 1. The Bertz CT molecular complexity index is 700. The molecule has 1 heterocycles. The van der Waals surface area contributed by atoms with Crippen LogP contribution < -0.4 is 5.32 Å². The van der Waals surface area contributed by atoms with E-state index in [4.69, 9.17) is 4.74 Å². The lowest BCUT2D eigenvalue weighted by molar-refractivity contribution is -0.148. The topological polar surface area (TPSA) is 55.4 Å². The molecule has 0 unspecified atom stereocenters.